The second kappa shape index (κ2) is 5.18. The van der Waals surface area contributed by atoms with Crippen LogP contribution in [-0.4, -0.2) is 29.1 Å². The Morgan fingerprint density at radius 3 is 2.94 bits per heavy atom. The fourth-order valence-corrected chi connectivity index (χ4v) is 1.98. The van der Waals surface area contributed by atoms with Gasteiger partial charge in [0.15, 0.2) is 0 Å². The van der Waals surface area contributed by atoms with Crippen molar-refractivity contribution in [2.24, 2.45) is 0 Å². The first-order valence-corrected chi connectivity index (χ1v) is 6.52. The molecule has 2 rings (SSSR count). The van der Waals surface area contributed by atoms with Gasteiger partial charge in [0.1, 0.15) is 6.04 Å². The summed E-state index contributed by atoms with van der Waals surface area (Å²) in [4.78, 5) is 26.9. The lowest BCUT2D eigenvalue weighted by Crippen LogP contribution is -2.37. The molecule has 1 aliphatic heterocycles. The zero-order valence-corrected chi connectivity index (χ0v) is 10.2. The van der Waals surface area contributed by atoms with Gasteiger partial charge in [-0.3, -0.25) is 9.59 Å². The van der Waals surface area contributed by atoms with Crippen LogP contribution in [0.15, 0.2) is 23.4 Å². The Bertz CT molecular complexity index is 433. The Morgan fingerprint density at radius 2 is 2.41 bits per heavy atom. The molecule has 2 amide bonds. The summed E-state index contributed by atoms with van der Waals surface area (Å²) in [6.45, 7) is 0. The fourth-order valence-electron chi connectivity index (χ4n) is 1.62. The van der Waals surface area contributed by atoms with Crippen molar-refractivity contribution in [1.29, 1.82) is 0 Å². The van der Waals surface area contributed by atoms with Crippen molar-refractivity contribution < 1.29 is 9.59 Å². The molecule has 0 aliphatic carbocycles. The number of amides is 2. The molecule has 5 nitrogen and oxygen atoms in total. The number of hydrogen-bond acceptors (Lipinski definition) is 4. The number of anilines is 1. The van der Waals surface area contributed by atoms with E-state index in [1.54, 1.807) is 24.0 Å². The van der Waals surface area contributed by atoms with Gasteiger partial charge in [-0.1, -0.05) is 0 Å². The average Bonchev–Trinajstić information content (AvgIpc) is 2.77. The standard InChI is InChI=1S/C11H13N3O2S/c1-17-10-5-2-7(6-12-10)13-11(16)8-3-4-9(15)14-8/h2,5-6,8H,3-4H2,1H3,(H,13,16)(H,14,15)/t8-/m0/s1. The van der Waals surface area contributed by atoms with Crippen molar-refractivity contribution in [2.75, 3.05) is 11.6 Å². The van der Waals surface area contributed by atoms with Crippen LogP contribution in [0.3, 0.4) is 0 Å². The Labute approximate surface area is 103 Å². The van der Waals surface area contributed by atoms with E-state index < -0.39 is 6.04 Å². The van der Waals surface area contributed by atoms with E-state index in [-0.39, 0.29) is 11.8 Å². The van der Waals surface area contributed by atoms with Crippen molar-refractivity contribution in [2.45, 2.75) is 23.9 Å². The Balaban J connectivity index is 1.95. The number of carbonyl (C=O) groups excluding carboxylic acids is 2. The van der Waals surface area contributed by atoms with Crippen molar-refractivity contribution in [3.63, 3.8) is 0 Å². The summed E-state index contributed by atoms with van der Waals surface area (Å²) in [5, 5.41) is 6.25. The first kappa shape index (κ1) is 11.9. The van der Waals surface area contributed by atoms with E-state index in [0.717, 1.165) is 5.03 Å². The van der Waals surface area contributed by atoms with E-state index in [0.29, 0.717) is 18.5 Å². The van der Waals surface area contributed by atoms with Gasteiger partial charge in [-0.15, -0.1) is 11.8 Å². The first-order chi connectivity index (χ1) is 8.19. The van der Waals surface area contributed by atoms with Gasteiger partial charge in [0.25, 0.3) is 0 Å². The van der Waals surface area contributed by atoms with Gasteiger partial charge in [0.05, 0.1) is 16.9 Å². The molecule has 17 heavy (non-hydrogen) atoms. The minimum Gasteiger partial charge on any atom is -0.344 e. The van der Waals surface area contributed by atoms with E-state index in [4.69, 9.17) is 0 Å². The third-order valence-corrected chi connectivity index (χ3v) is 3.18. The molecule has 1 atom stereocenters. The minimum absolute atomic E-state index is 0.0685. The minimum atomic E-state index is -0.414. The number of hydrogen-bond donors (Lipinski definition) is 2. The third-order valence-electron chi connectivity index (χ3n) is 2.52. The van der Waals surface area contributed by atoms with Gasteiger partial charge in [-0.25, -0.2) is 4.98 Å². The summed E-state index contributed by atoms with van der Waals surface area (Å²) in [5.74, 6) is -0.254. The molecule has 90 valence electrons. The number of rotatable bonds is 3. The largest absolute Gasteiger partial charge is 0.344 e. The van der Waals surface area contributed by atoms with E-state index in [9.17, 15) is 9.59 Å². The molecule has 0 unspecified atom stereocenters. The first-order valence-electron chi connectivity index (χ1n) is 5.29. The van der Waals surface area contributed by atoms with Crippen LogP contribution in [0.4, 0.5) is 5.69 Å². The van der Waals surface area contributed by atoms with E-state index in [1.165, 1.54) is 0 Å². The normalized spacial score (nSPS) is 18.9. The molecule has 1 aromatic heterocycles. The van der Waals surface area contributed by atoms with Crippen LogP contribution in [-0.2, 0) is 9.59 Å². The Morgan fingerprint density at radius 1 is 1.59 bits per heavy atom. The van der Waals surface area contributed by atoms with Crippen LogP contribution in [0.5, 0.6) is 0 Å². The maximum Gasteiger partial charge on any atom is 0.247 e. The molecule has 0 bridgehead atoms. The van der Waals surface area contributed by atoms with E-state index >= 15 is 0 Å². The van der Waals surface area contributed by atoms with Gasteiger partial charge in [0, 0.05) is 6.42 Å². The predicted molar refractivity (Wildman–Crippen MR) is 65.8 cm³/mol. The zero-order valence-electron chi connectivity index (χ0n) is 9.40. The van der Waals surface area contributed by atoms with Crippen molar-refractivity contribution in [1.82, 2.24) is 10.3 Å². The summed E-state index contributed by atoms with van der Waals surface area (Å²) >= 11 is 1.54. The van der Waals surface area contributed by atoms with E-state index in [1.807, 2.05) is 12.3 Å². The lowest BCUT2D eigenvalue weighted by Gasteiger charge is -2.10. The molecule has 1 aromatic rings. The molecular formula is C11H13N3O2S. The Hall–Kier alpha value is -1.56. The zero-order chi connectivity index (χ0) is 12.3. The third kappa shape index (κ3) is 2.97. The van der Waals surface area contributed by atoms with E-state index in [2.05, 4.69) is 15.6 Å². The lowest BCUT2D eigenvalue weighted by molar-refractivity contribution is -0.122. The van der Waals surface area contributed by atoms with Crippen LogP contribution in [0, 0.1) is 0 Å². The highest BCUT2D eigenvalue weighted by molar-refractivity contribution is 7.98. The predicted octanol–water partition coefficient (Wildman–Crippen LogP) is 1.02. The van der Waals surface area contributed by atoms with Gasteiger partial charge < -0.3 is 10.6 Å². The highest BCUT2D eigenvalue weighted by Gasteiger charge is 2.27. The van der Waals surface area contributed by atoms with Crippen LogP contribution >= 0.6 is 11.8 Å². The quantitative estimate of drug-likeness (QED) is 0.787. The van der Waals surface area contributed by atoms with Gasteiger partial charge in [-0.05, 0) is 24.8 Å². The summed E-state index contributed by atoms with van der Waals surface area (Å²) < 4.78 is 0. The number of pyridine rings is 1. The molecule has 2 heterocycles. The maximum atomic E-state index is 11.8. The molecule has 1 fully saturated rings. The monoisotopic (exact) mass is 251 g/mol. The van der Waals surface area contributed by atoms with Gasteiger partial charge >= 0.3 is 0 Å². The summed E-state index contributed by atoms with van der Waals surface area (Å²) in [6, 6.07) is 3.23. The molecule has 0 radical (unpaired) electrons. The molecule has 2 N–H and O–H groups in total. The fraction of sp³-hybridized carbons (Fsp3) is 0.364. The molecule has 0 saturated carbocycles. The highest BCUT2D eigenvalue weighted by atomic mass is 32.2. The highest BCUT2D eigenvalue weighted by Crippen LogP contribution is 2.15. The van der Waals surface area contributed by atoms with Crippen LogP contribution in [0.1, 0.15) is 12.8 Å². The van der Waals surface area contributed by atoms with Gasteiger partial charge in [-0.2, -0.15) is 0 Å². The number of carbonyl (C=O) groups is 2. The molecule has 6 heteroatoms. The second-order valence-corrected chi connectivity index (χ2v) is 4.56. The van der Waals surface area contributed by atoms with Gasteiger partial charge in [0.2, 0.25) is 11.8 Å². The van der Waals surface area contributed by atoms with Crippen molar-refractivity contribution in [3.05, 3.63) is 18.3 Å². The number of aromatic nitrogens is 1. The lowest BCUT2D eigenvalue weighted by atomic mass is 10.2. The summed E-state index contributed by atoms with van der Waals surface area (Å²) in [7, 11) is 0. The molecule has 0 spiro atoms. The van der Waals surface area contributed by atoms with Crippen LogP contribution < -0.4 is 10.6 Å². The summed E-state index contributed by atoms with van der Waals surface area (Å²) in [5.41, 5.74) is 0.647. The average molecular weight is 251 g/mol. The van der Waals surface area contributed by atoms with Crippen LogP contribution in [0.25, 0.3) is 0 Å². The topological polar surface area (TPSA) is 71.1 Å². The number of thioether (sulfide) groups is 1. The van der Waals surface area contributed by atoms with Crippen LogP contribution in [0.2, 0.25) is 0 Å². The number of nitrogens with one attached hydrogen (secondary N) is 2. The summed E-state index contributed by atoms with van der Waals surface area (Å²) in [6.07, 6.45) is 4.53. The molecule has 0 aromatic carbocycles. The SMILES string of the molecule is CSc1ccc(NC(=O)[C@@H]2CCC(=O)N2)cn1. The molecule has 1 saturated heterocycles. The second-order valence-electron chi connectivity index (χ2n) is 3.74. The van der Waals surface area contributed by atoms with Crippen molar-refractivity contribution >= 4 is 29.3 Å². The maximum absolute atomic E-state index is 11.8. The number of nitrogens with zero attached hydrogens (tertiary/aromatic N) is 1. The Kier molecular flexibility index (Phi) is 3.63. The molecule has 1 aliphatic rings. The molecular weight excluding hydrogens is 238 g/mol. The smallest absolute Gasteiger partial charge is 0.247 e. The van der Waals surface area contributed by atoms with Crippen molar-refractivity contribution in [3.8, 4) is 0 Å².